The smallest absolute Gasteiger partial charge is 0 e. The Balaban J connectivity index is -0.00000000344. The molecule has 0 amide bonds. The van der Waals surface area contributed by atoms with Crippen molar-refractivity contribution in [2.24, 2.45) is 0 Å². The van der Waals surface area contributed by atoms with Crippen molar-refractivity contribution in [1.82, 2.24) is 0 Å². The zero-order valence-electron chi connectivity index (χ0n) is 6.62. The third kappa shape index (κ3) is 1320. The van der Waals surface area contributed by atoms with E-state index in [-0.39, 0.29) is 54.6 Å². The number of hydrogen-bond donors (Lipinski definition) is 2. The van der Waals surface area contributed by atoms with Crippen LogP contribution >= 0.6 is 0 Å². The van der Waals surface area contributed by atoms with Crippen LogP contribution in [0.4, 0.5) is 0 Å². The van der Waals surface area contributed by atoms with Gasteiger partial charge in [-0.3, -0.25) is 0 Å². The molecule has 0 saturated carbocycles. The van der Waals surface area contributed by atoms with E-state index in [9.17, 15) is 0 Å². The molecule has 14 heteroatoms. The predicted octanol–water partition coefficient (Wildman–Crippen LogP) is -6.43. The van der Waals surface area contributed by atoms with Gasteiger partial charge in [-0.15, -0.1) is 0 Å². The van der Waals surface area contributed by atoms with Crippen molar-refractivity contribution in [3.8, 4) is 0 Å². The summed E-state index contributed by atoms with van der Waals surface area (Å²) in [5, 5.41) is 0. The zero-order chi connectivity index (χ0) is 6.28. The minimum Gasteiger partial charge on any atom is 0 e. The van der Waals surface area contributed by atoms with Crippen LogP contribution in [-0.2, 0) is 69.4 Å². The fourth-order valence-corrected chi connectivity index (χ4v) is 0. The zero-order valence-corrected chi connectivity index (χ0v) is 11.3. The summed E-state index contributed by atoms with van der Waals surface area (Å²) in [7, 11) is 0. The second-order valence-corrected chi connectivity index (χ2v) is 1.51. The van der Waals surface area contributed by atoms with Crippen molar-refractivity contribution in [3.63, 3.8) is 0 Å². The predicted molar refractivity (Wildman–Crippen MR) is 28.2 cm³/mol. The van der Waals surface area contributed by atoms with Gasteiger partial charge in [0.25, 0.3) is 0 Å². The maximum atomic E-state index is 8.81. The van der Waals surface area contributed by atoms with E-state index in [2.05, 4.69) is 0 Å². The van der Waals surface area contributed by atoms with Crippen LogP contribution in [0.1, 0.15) is 0 Å². The molecule has 11 nitrogen and oxygen atoms in total. The van der Waals surface area contributed by atoms with Gasteiger partial charge in [0, 0.05) is 21.7 Å². The van der Waals surface area contributed by atoms with Gasteiger partial charge >= 0.3 is 55.1 Å². The van der Waals surface area contributed by atoms with E-state index in [4.69, 9.17) is 17.3 Å². The molecule has 0 saturated heterocycles. The molecule has 0 heterocycles. The summed E-state index contributed by atoms with van der Waals surface area (Å²) in [6.45, 7) is 0. The van der Waals surface area contributed by atoms with E-state index < -0.39 is 37.7 Å². The van der Waals surface area contributed by atoms with E-state index in [1.54, 1.807) is 0 Å². The number of hydrogen-bond acceptors (Lipinski definition) is 3. The molecule has 14 heavy (non-hydrogen) atoms. The summed E-state index contributed by atoms with van der Waals surface area (Å²) in [6.07, 6.45) is 0. The van der Waals surface area contributed by atoms with Crippen LogP contribution in [0, 0.1) is 0 Å². The molecule has 0 aromatic heterocycles. The van der Waals surface area contributed by atoms with Crippen LogP contribution in [0.15, 0.2) is 0 Å². The summed E-state index contributed by atoms with van der Waals surface area (Å²) < 4.78 is 40.2. The monoisotopic (exact) mass is 334 g/mol. The van der Waals surface area contributed by atoms with Crippen molar-refractivity contribution in [1.29, 1.82) is 0 Å². The van der Waals surface area contributed by atoms with Gasteiger partial charge in [-0.1, -0.05) is 0 Å². The molecular formula is H14O11Ti3. The van der Waals surface area contributed by atoms with E-state index in [1.165, 1.54) is 0 Å². The van der Waals surface area contributed by atoms with Crippen LogP contribution in [0.3, 0.4) is 0 Å². The molecule has 0 bridgehead atoms. The molecule has 0 radical (unpaired) electrons. The van der Waals surface area contributed by atoms with Gasteiger partial charge in [-0.05, 0) is 0 Å². The molecule has 92 valence electrons. The summed E-state index contributed by atoms with van der Waals surface area (Å²) in [5.41, 5.74) is 0. The van der Waals surface area contributed by atoms with E-state index in [1.807, 2.05) is 0 Å². The van der Waals surface area contributed by atoms with Crippen LogP contribution in [0.25, 0.3) is 0 Å². The third-order valence-electron chi connectivity index (χ3n) is 0. The average molecular weight is 334 g/mol. The average Bonchev–Trinajstić information content (AvgIpc) is 1.33. The first-order chi connectivity index (χ1) is 3.15. The van der Waals surface area contributed by atoms with Gasteiger partial charge in [-0.25, -0.2) is 0 Å². The molecule has 0 fully saturated rings. The Hall–Kier alpha value is 1.22. The summed E-state index contributed by atoms with van der Waals surface area (Å²) >= 11 is -5.58. The normalized spacial score (nSPS) is 2.43. The first-order valence-corrected chi connectivity index (χ1v) is 4.37. The summed E-state index contributed by atoms with van der Waals surface area (Å²) in [5.74, 6) is 0. The minimum absolute atomic E-state index is 0. The largest absolute Gasteiger partial charge is 0 e. The van der Waals surface area contributed by atoms with E-state index >= 15 is 0 Å². The molecule has 0 rings (SSSR count). The van der Waals surface area contributed by atoms with Crippen LogP contribution in [0.2, 0.25) is 0 Å². The van der Waals surface area contributed by atoms with Gasteiger partial charge in [-0.2, -0.15) is 0 Å². The van der Waals surface area contributed by atoms with Gasteiger partial charge in [0.1, 0.15) is 0 Å². The molecule has 14 N–H and O–H groups in total. The number of rotatable bonds is 0. The van der Waals surface area contributed by atoms with Crippen LogP contribution < -0.4 is 0 Å². The van der Waals surface area contributed by atoms with Crippen molar-refractivity contribution in [2.75, 3.05) is 0 Å². The molecule has 0 spiro atoms. The minimum atomic E-state index is -3.58. The maximum absolute atomic E-state index is 8.81. The quantitative estimate of drug-likeness (QED) is 0.407. The fourth-order valence-electron chi connectivity index (χ4n) is 0. The molecule has 0 aliphatic rings. The van der Waals surface area contributed by atoms with Crippen molar-refractivity contribution in [3.05, 3.63) is 0 Å². The van der Waals surface area contributed by atoms with Crippen LogP contribution in [0.5, 0.6) is 0 Å². The van der Waals surface area contributed by atoms with Crippen molar-refractivity contribution in [2.45, 2.75) is 0 Å². The van der Waals surface area contributed by atoms with Gasteiger partial charge < -0.3 is 32.9 Å². The van der Waals surface area contributed by atoms with Crippen molar-refractivity contribution < 1.29 is 110 Å². The van der Waals surface area contributed by atoms with Gasteiger partial charge in [0.05, 0.1) is 0 Å². The Labute approximate surface area is 109 Å². The van der Waals surface area contributed by atoms with Crippen molar-refractivity contribution >= 4 is 0 Å². The van der Waals surface area contributed by atoms with Crippen LogP contribution in [-0.4, -0.2) is 40.2 Å². The Kier molecular flexibility index (Phi) is 518. The topological polar surface area (TPSA) is 281 Å². The second kappa shape index (κ2) is 91.2. The molecule has 0 unspecified atom stereocenters. The SMILES string of the molecule is O.O.O.O.O.O.[O]=[Ti]([OH])[OH].[O]=[Ti]=[O].[Ti]. The summed E-state index contributed by atoms with van der Waals surface area (Å²) in [6, 6.07) is 0. The maximum Gasteiger partial charge on any atom is 0 e. The molecule has 0 atom stereocenters. The molecule has 0 aliphatic heterocycles. The summed E-state index contributed by atoms with van der Waals surface area (Å²) in [4.78, 5) is 0. The van der Waals surface area contributed by atoms with E-state index in [0.29, 0.717) is 0 Å². The Morgan fingerprint density at radius 2 is 0.786 bits per heavy atom. The first kappa shape index (κ1) is 79.5. The Bertz CT molecular complexity index is 78.5. The van der Waals surface area contributed by atoms with Gasteiger partial charge in [0.15, 0.2) is 0 Å². The molecule has 0 aromatic carbocycles. The molecule has 0 aromatic rings. The molecular weight excluding hydrogens is 320 g/mol. The fraction of sp³-hybridized carbons (Fsp3) is 0. The van der Waals surface area contributed by atoms with Gasteiger partial charge in [0.2, 0.25) is 0 Å². The third-order valence-corrected chi connectivity index (χ3v) is 0. The standard InChI is InChI=1S/8H2O.3O.3Ti/h8*1H2;;;;;;/q;;;;;;;;;;;;;+2/p-2. The Morgan fingerprint density at radius 1 is 0.786 bits per heavy atom. The second-order valence-electron chi connectivity index (χ2n) is 0.366. The molecule has 0 aliphatic carbocycles. The first-order valence-electron chi connectivity index (χ1n) is 1.06. The van der Waals surface area contributed by atoms with E-state index in [0.717, 1.165) is 0 Å². The Morgan fingerprint density at radius 3 is 0.786 bits per heavy atom.